The van der Waals surface area contributed by atoms with Gasteiger partial charge in [-0.05, 0) is 35.9 Å². The summed E-state index contributed by atoms with van der Waals surface area (Å²) in [5, 5.41) is 14.6. The molecule has 28 heavy (non-hydrogen) atoms. The lowest BCUT2D eigenvalue weighted by atomic mass is 10.2. The summed E-state index contributed by atoms with van der Waals surface area (Å²) in [6.07, 6.45) is 0.413. The fourth-order valence-corrected chi connectivity index (χ4v) is 2.19. The Morgan fingerprint density at radius 2 is 1.93 bits per heavy atom. The quantitative estimate of drug-likeness (QED) is 0.256. The second-order valence-electron chi connectivity index (χ2n) is 5.09. The van der Waals surface area contributed by atoms with Crippen molar-refractivity contribution in [2.24, 2.45) is 5.10 Å². The van der Waals surface area contributed by atoms with Crippen LogP contribution >= 0.6 is 11.6 Å². The van der Waals surface area contributed by atoms with Gasteiger partial charge in [0.25, 0.3) is 11.6 Å². The first-order chi connectivity index (χ1) is 13.3. The molecule has 0 aliphatic heterocycles. The normalized spacial score (nSPS) is 10.4. The van der Waals surface area contributed by atoms with E-state index in [4.69, 9.17) is 21.1 Å². The topological polar surface area (TPSA) is 129 Å². The molecule has 2 aromatic rings. The van der Waals surface area contributed by atoms with E-state index < -0.39 is 17.0 Å². The van der Waals surface area contributed by atoms with Crippen molar-refractivity contribution < 1.29 is 28.7 Å². The molecular formula is C17H14ClN3O7. The summed E-state index contributed by atoms with van der Waals surface area (Å²) in [6, 6.07) is 8.17. The van der Waals surface area contributed by atoms with Gasteiger partial charge in [0.1, 0.15) is 5.02 Å². The van der Waals surface area contributed by atoms with Crippen molar-refractivity contribution in [1.29, 1.82) is 0 Å². The molecule has 0 atom stereocenters. The van der Waals surface area contributed by atoms with Crippen LogP contribution in [0.1, 0.15) is 15.9 Å². The smallest absolute Gasteiger partial charge is 0.493 e. The van der Waals surface area contributed by atoms with Gasteiger partial charge in [-0.15, -0.1) is 0 Å². The Labute approximate surface area is 163 Å². The van der Waals surface area contributed by atoms with Crippen molar-refractivity contribution in [3.05, 3.63) is 62.7 Å². The number of rotatable bonds is 6. The number of amides is 1. The van der Waals surface area contributed by atoms with Gasteiger partial charge in [-0.3, -0.25) is 14.9 Å². The summed E-state index contributed by atoms with van der Waals surface area (Å²) in [4.78, 5) is 33.4. The number of carbonyl (C=O) groups excluding carboxylic acids is 2. The summed E-state index contributed by atoms with van der Waals surface area (Å²) in [5.74, 6) is -0.272. The first-order valence-electron chi connectivity index (χ1n) is 7.57. The molecule has 0 fully saturated rings. The fourth-order valence-electron chi connectivity index (χ4n) is 2.00. The van der Waals surface area contributed by atoms with Gasteiger partial charge in [-0.25, -0.2) is 10.2 Å². The molecule has 0 saturated heterocycles. The summed E-state index contributed by atoms with van der Waals surface area (Å²) < 4.78 is 14.4. The van der Waals surface area contributed by atoms with Gasteiger partial charge in [0.2, 0.25) is 0 Å². The van der Waals surface area contributed by atoms with E-state index in [-0.39, 0.29) is 27.8 Å². The molecule has 0 aliphatic carbocycles. The highest BCUT2D eigenvalue weighted by molar-refractivity contribution is 6.32. The molecule has 1 amide bonds. The van der Waals surface area contributed by atoms with E-state index in [2.05, 4.69) is 15.3 Å². The predicted molar refractivity (Wildman–Crippen MR) is 99.2 cm³/mol. The average molecular weight is 408 g/mol. The van der Waals surface area contributed by atoms with Crippen LogP contribution in [0.15, 0.2) is 41.5 Å². The highest BCUT2D eigenvalue weighted by atomic mass is 35.5. The molecule has 0 bridgehead atoms. The number of halogens is 1. The largest absolute Gasteiger partial charge is 0.513 e. The zero-order valence-electron chi connectivity index (χ0n) is 14.7. The Morgan fingerprint density at radius 3 is 2.57 bits per heavy atom. The molecule has 11 heteroatoms. The SMILES string of the molecule is COC(=O)Oc1ccc(/C=N/NC(=O)c2ccc(Cl)c([N+](=O)[O-])c2)cc1OC. The molecule has 0 unspecified atom stereocenters. The molecule has 1 N–H and O–H groups in total. The van der Waals surface area contributed by atoms with Crippen LogP contribution in [0.2, 0.25) is 5.02 Å². The Bertz CT molecular complexity index is 946. The van der Waals surface area contributed by atoms with Crippen LogP contribution in [-0.4, -0.2) is 37.4 Å². The standard InChI is InChI=1S/C17H14ClN3O7/c1-26-15-7-10(3-6-14(15)28-17(23)27-2)9-19-20-16(22)11-4-5-12(18)13(8-11)21(24)25/h3-9H,1-2H3,(H,20,22)/b19-9+. The third-order valence-corrected chi connectivity index (χ3v) is 3.65. The van der Waals surface area contributed by atoms with E-state index in [9.17, 15) is 19.7 Å². The Balaban J connectivity index is 2.10. The minimum absolute atomic E-state index is 0.0210. The first kappa shape index (κ1) is 20.6. The molecule has 0 aliphatic rings. The third-order valence-electron chi connectivity index (χ3n) is 3.33. The van der Waals surface area contributed by atoms with E-state index in [0.29, 0.717) is 5.56 Å². The van der Waals surface area contributed by atoms with Crippen LogP contribution in [0.4, 0.5) is 10.5 Å². The van der Waals surface area contributed by atoms with Crippen molar-refractivity contribution in [3.8, 4) is 11.5 Å². The summed E-state index contributed by atoms with van der Waals surface area (Å²) in [5.41, 5.74) is 2.41. The van der Waals surface area contributed by atoms with Crippen LogP contribution in [0.3, 0.4) is 0 Å². The average Bonchev–Trinajstić information content (AvgIpc) is 2.68. The molecule has 0 heterocycles. The maximum Gasteiger partial charge on any atom is 0.513 e. The van der Waals surface area contributed by atoms with E-state index >= 15 is 0 Å². The van der Waals surface area contributed by atoms with Crippen molar-refractivity contribution in [2.75, 3.05) is 14.2 Å². The van der Waals surface area contributed by atoms with Gasteiger partial charge in [-0.1, -0.05) is 11.6 Å². The lowest BCUT2D eigenvalue weighted by Gasteiger charge is -2.08. The highest BCUT2D eigenvalue weighted by Crippen LogP contribution is 2.28. The molecule has 2 rings (SSSR count). The number of hydrogen-bond donors (Lipinski definition) is 1. The predicted octanol–water partition coefficient (Wildman–Crippen LogP) is 3.17. The van der Waals surface area contributed by atoms with E-state index in [1.165, 1.54) is 44.7 Å². The monoisotopic (exact) mass is 407 g/mol. The molecule has 10 nitrogen and oxygen atoms in total. The van der Waals surface area contributed by atoms with E-state index in [1.807, 2.05) is 0 Å². The number of benzene rings is 2. The molecule has 0 saturated carbocycles. The van der Waals surface area contributed by atoms with Crippen LogP contribution in [0, 0.1) is 10.1 Å². The number of carbonyl (C=O) groups is 2. The number of nitrogens with one attached hydrogen (secondary N) is 1. The van der Waals surface area contributed by atoms with Gasteiger partial charge in [0.05, 0.1) is 25.4 Å². The lowest BCUT2D eigenvalue weighted by Crippen LogP contribution is -2.17. The summed E-state index contributed by atoms with van der Waals surface area (Å²) in [6.45, 7) is 0. The van der Waals surface area contributed by atoms with Gasteiger partial charge in [0.15, 0.2) is 11.5 Å². The minimum atomic E-state index is -0.899. The molecule has 0 aromatic heterocycles. The van der Waals surface area contributed by atoms with Gasteiger partial charge >= 0.3 is 6.16 Å². The third kappa shape index (κ3) is 5.17. The summed E-state index contributed by atoms with van der Waals surface area (Å²) >= 11 is 5.71. The second kappa shape index (κ2) is 9.33. The van der Waals surface area contributed by atoms with Crippen LogP contribution in [0.5, 0.6) is 11.5 Å². The number of hydrogen-bond acceptors (Lipinski definition) is 8. The number of ether oxygens (including phenoxy) is 3. The van der Waals surface area contributed by atoms with Gasteiger partial charge < -0.3 is 14.2 Å². The molecule has 0 spiro atoms. The Hall–Kier alpha value is -3.66. The van der Waals surface area contributed by atoms with Crippen molar-refractivity contribution in [2.45, 2.75) is 0 Å². The zero-order valence-corrected chi connectivity index (χ0v) is 15.4. The maximum atomic E-state index is 12.1. The van der Waals surface area contributed by atoms with E-state index in [0.717, 1.165) is 6.07 Å². The van der Waals surface area contributed by atoms with Crippen LogP contribution < -0.4 is 14.9 Å². The van der Waals surface area contributed by atoms with Crippen LogP contribution in [-0.2, 0) is 4.74 Å². The zero-order chi connectivity index (χ0) is 20.7. The van der Waals surface area contributed by atoms with Gasteiger partial charge in [-0.2, -0.15) is 5.10 Å². The number of nitro benzene ring substituents is 1. The second-order valence-corrected chi connectivity index (χ2v) is 5.50. The Morgan fingerprint density at radius 1 is 1.18 bits per heavy atom. The first-order valence-corrected chi connectivity index (χ1v) is 7.94. The van der Waals surface area contributed by atoms with Crippen molar-refractivity contribution in [1.82, 2.24) is 5.43 Å². The van der Waals surface area contributed by atoms with E-state index in [1.54, 1.807) is 6.07 Å². The van der Waals surface area contributed by atoms with Crippen molar-refractivity contribution in [3.63, 3.8) is 0 Å². The molecule has 0 radical (unpaired) electrons. The minimum Gasteiger partial charge on any atom is -0.493 e. The molecular weight excluding hydrogens is 394 g/mol. The fraction of sp³-hybridized carbons (Fsp3) is 0.118. The number of methoxy groups -OCH3 is 2. The number of nitrogens with zero attached hydrogens (tertiary/aromatic N) is 2. The highest BCUT2D eigenvalue weighted by Gasteiger charge is 2.16. The molecule has 2 aromatic carbocycles. The molecule has 146 valence electrons. The number of hydrazone groups is 1. The maximum absolute atomic E-state index is 12.1. The van der Waals surface area contributed by atoms with Gasteiger partial charge in [0, 0.05) is 11.6 Å². The number of nitro groups is 1. The van der Waals surface area contributed by atoms with Crippen molar-refractivity contribution >= 4 is 35.6 Å². The van der Waals surface area contributed by atoms with Crippen LogP contribution in [0.25, 0.3) is 0 Å². The summed E-state index contributed by atoms with van der Waals surface area (Å²) in [7, 11) is 2.56. The Kier molecular flexibility index (Phi) is 6.88. The lowest BCUT2D eigenvalue weighted by molar-refractivity contribution is -0.384.